The fourth-order valence-electron chi connectivity index (χ4n) is 5.71. The quantitative estimate of drug-likeness (QED) is 0.182. The maximum atomic E-state index is 11.5. The van der Waals surface area contributed by atoms with E-state index in [0.717, 1.165) is 29.9 Å². The topological polar surface area (TPSA) is 111 Å². The summed E-state index contributed by atoms with van der Waals surface area (Å²) >= 11 is 19.6. The van der Waals surface area contributed by atoms with Crippen LogP contribution in [0, 0.1) is 5.92 Å². The fraction of sp³-hybridized carbons (Fsp3) is 0.387. The van der Waals surface area contributed by atoms with Gasteiger partial charge < -0.3 is 19.5 Å². The van der Waals surface area contributed by atoms with Gasteiger partial charge in [0.15, 0.2) is 5.69 Å². The van der Waals surface area contributed by atoms with Crippen molar-refractivity contribution in [2.45, 2.75) is 70.1 Å². The van der Waals surface area contributed by atoms with Gasteiger partial charge >= 0.3 is 5.97 Å². The van der Waals surface area contributed by atoms with Crippen molar-refractivity contribution in [1.82, 2.24) is 14.9 Å². The summed E-state index contributed by atoms with van der Waals surface area (Å²) < 4.78 is 13.6. The maximum absolute atomic E-state index is 11.5. The SMILES string of the molecule is CC(C)Cn1nc(C(=O)O)cc1C1CC(O)(c2ccc(OCc3c(-c4c(Cl)cccc4Cl)noc3C3CC3)cc2Cl)C1. The molecule has 0 saturated heterocycles. The molecule has 11 heteroatoms. The van der Waals surface area contributed by atoms with Gasteiger partial charge in [0.2, 0.25) is 0 Å². The van der Waals surface area contributed by atoms with Gasteiger partial charge in [0.1, 0.15) is 23.8 Å². The highest BCUT2D eigenvalue weighted by Gasteiger charge is 2.47. The highest BCUT2D eigenvalue weighted by Crippen LogP contribution is 2.53. The number of ether oxygens (including phenoxy) is 1. The number of aromatic carboxylic acids is 1. The minimum absolute atomic E-state index is 0.0123. The van der Waals surface area contributed by atoms with Gasteiger partial charge in [-0.05, 0) is 61.9 Å². The molecule has 2 heterocycles. The highest BCUT2D eigenvalue weighted by molar-refractivity contribution is 6.39. The Balaban J connectivity index is 1.19. The number of nitrogens with zero attached hydrogens (tertiary/aromatic N) is 3. The second kappa shape index (κ2) is 11.2. The minimum Gasteiger partial charge on any atom is -0.489 e. The van der Waals surface area contributed by atoms with Gasteiger partial charge in [-0.2, -0.15) is 5.10 Å². The highest BCUT2D eigenvalue weighted by atomic mass is 35.5. The van der Waals surface area contributed by atoms with Crippen LogP contribution < -0.4 is 4.74 Å². The summed E-state index contributed by atoms with van der Waals surface area (Å²) in [4.78, 5) is 11.5. The van der Waals surface area contributed by atoms with E-state index in [1.807, 2.05) is 0 Å². The van der Waals surface area contributed by atoms with Crippen molar-refractivity contribution >= 4 is 40.8 Å². The first kappa shape index (κ1) is 29.1. The third-order valence-electron chi connectivity index (χ3n) is 7.95. The number of benzene rings is 2. The van der Waals surface area contributed by atoms with Gasteiger partial charge in [0.05, 0.1) is 26.2 Å². The molecule has 2 aliphatic carbocycles. The van der Waals surface area contributed by atoms with Crippen LogP contribution in [0.1, 0.15) is 84.4 Å². The lowest BCUT2D eigenvalue weighted by atomic mass is 9.66. The summed E-state index contributed by atoms with van der Waals surface area (Å²) in [5.74, 6) is 0.795. The van der Waals surface area contributed by atoms with Crippen molar-refractivity contribution in [3.63, 3.8) is 0 Å². The molecule has 2 aliphatic rings. The molecule has 6 rings (SSSR count). The van der Waals surface area contributed by atoms with E-state index in [1.54, 1.807) is 47.1 Å². The first-order chi connectivity index (χ1) is 20.0. The van der Waals surface area contributed by atoms with Crippen molar-refractivity contribution in [1.29, 1.82) is 0 Å². The molecule has 4 aromatic rings. The lowest BCUT2D eigenvalue weighted by Gasteiger charge is -2.44. The van der Waals surface area contributed by atoms with E-state index in [-0.39, 0.29) is 18.2 Å². The van der Waals surface area contributed by atoms with E-state index in [0.29, 0.717) is 68.9 Å². The van der Waals surface area contributed by atoms with Crippen LogP contribution in [0.2, 0.25) is 15.1 Å². The number of rotatable bonds is 10. The smallest absolute Gasteiger partial charge is 0.356 e. The zero-order chi connectivity index (χ0) is 29.8. The lowest BCUT2D eigenvalue weighted by Crippen LogP contribution is -2.41. The van der Waals surface area contributed by atoms with Crippen LogP contribution in [0.15, 0.2) is 47.0 Å². The Morgan fingerprint density at radius 2 is 1.81 bits per heavy atom. The number of aliphatic hydroxyl groups is 1. The van der Waals surface area contributed by atoms with Crippen molar-refractivity contribution in [2.75, 3.05) is 0 Å². The molecule has 0 radical (unpaired) electrons. The Hall–Kier alpha value is -3.04. The van der Waals surface area contributed by atoms with Crippen LogP contribution in [0.5, 0.6) is 5.75 Å². The summed E-state index contributed by atoms with van der Waals surface area (Å²) in [5, 5.41) is 30.8. The molecule has 8 nitrogen and oxygen atoms in total. The van der Waals surface area contributed by atoms with E-state index >= 15 is 0 Å². The van der Waals surface area contributed by atoms with E-state index in [2.05, 4.69) is 24.1 Å². The molecule has 2 N–H and O–H groups in total. The average Bonchev–Trinajstić information content (AvgIpc) is 3.54. The Labute approximate surface area is 258 Å². The van der Waals surface area contributed by atoms with Crippen molar-refractivity contribution in [3.8, 4) is 17.0 Å². The number of carbonyl (C=O) groups is 1. The maximum Gasteiger partial charge on any atom is 0.356 e. The number of carboxylic acids is 1. The number of aromatic nitrogens is 3. The largest absolute Gasteiger partial charge is 0.489 e. The molecule has 0 atom stereocenters. The molecule has 0 aliphatic heterocycles. The second-order valence-corrected chi connectivity index (χ2v) is 12.9. The Kier molecular flexibility index (Phi) is 7.77. The molecule has 220 valence electrons. The van der Waals surface area contributed by atoms with Gasteiger partial charge in [-0.25, -0.2) is 4.79 Å². The molecule has 0 unspecified atom stereocenters. The van der Waals surface area contributed by atoms with Gasteiger partial charge in [0.25, 0.3) is 0 Å². The van der Waals surface area contributed by atoms with Crippen molar-refractivity contribution in [2.24, 2.45) is 5.92 Å². The third kappa shape index (κ3) is 5.53. The zero-order valence-electron chi connectivity index (χ0n) is 23.1. The monoisotopic (exact) mass is 629 g/mol. The van der Waals surface area contributed by atoms with E-state index in [9.17, 15) is 15.0 Å². The lowest BCUT2D eigenvalue weighted by molar-refractivity contribution is -0.0568. The minimum atomic E-state index is -1.14. The third-order valence-corrected chi connectivity index (χ3v) is 8.89. The summed E-state index contributed by atoms with van der Waals surface area (Å²) in [5.41, 5.74) is 2.26. The van der Waals surface area contributed by atoms with Gasteiger partial charge in [-0.1, -0.05) is 65.9 Å². The zero-order valence-corrected chi connectivity index (χ0v) is 25.4. The molecule has 42 heavy (non-hydrogen) atoms. The molecule has 0 bridgehead atoms. The van der Waals surface area contributed by atoms with E-state index < -0.39 is 11.6 Å². The Bertz CT molecular complexity index is 1630. The van der Waals surface area contributed by atoms with E-state index in [1.165, 1.54) is 0 Å². The summed E-state index contributed by atoms with van der Waals surface area (Å²) in [6.07, 6.45) is 2.86. The molecule has 2 fully saturated rings. The first-order valence-electron chi connectivity index (χ1n) is 13.9. The number of hydrogen-bond donors (Lipinski definition) is 2. The standard InChI is InChI=1S/C31H30Cl3N3O5/c1-16(2)14-37-26(11-25(35-37)30(38)39)18-12-31(40,13-18)21-9-8-19(10-24(21)34)41-15-20-28(36-42-29(20)17-6-7-17)27-22(32)4-3-5-23(27)33/h3-5,8-11,16-18,40H,6-7,12-15H2,1-2H3,(H,38,39). The Morgan fingerprint density at radius 1 is 1.10 bits per heavy atom. The van der Waals surface area contributed by atoms with Crippen LogP contribution in [0.4, 0.5) is 0 Å². The second-order valence-electron chi connectivity index (χ2n) is 11.6. The Morgan fingerprint density at radius 3 is 2.43 bits per heavy atom. The molecular weight excluding hydrogens is 601 g/mol. The van der Waals surface area contributed by atoms with E-state index in [4.69, 9.17) is 44.1 Å². The average molecular weight is 631 g/mol. The number of hydrogen-bond acceptors (Lipinski definition) is 6. The van der Waals surface area contributed by atoms with Gasteiger partial charge in [0, 0.05) is 35.2 Å². The van der Waals surface area contributed by atoms with Crippen LogP contribution in [-0.4, -0.2) is 31.1 Å². The van der Waals surface area contributed by atoms with Crippen LogP contribution in [0.25, 0.3) is 11.3 Å². The van der Waals surface area contributed by atoms with Crippen LogP contribution >= 0.6 is 34.8 Å². The molecule has 2 saturated carbocycles. The summed E-state index contributed by atoms with van der Waals surface area (Å²) in [6, 6.07) is 12.2. The van der Waals surface area contributed by atoms with Gasteiger partial charge in [-0.15, -0.1) is 0 Å². The summed E-state index contributed by atoms with van der Waals surface area (Å²) in [7, 11) is 0. The predicted octanol–water partition coefficient (Wildman–Crippen LogP) is 8.07. The molecule has 2 aromatic heterocycles. The predicted molar refractivity (Wildman–Crippen MR) is 160 cm³/mol. The number of halogens is 3. The first-order valence-corrected chi connectivity index (χ1v) is 15.1. The molecule has 0 amide bonds. The van der Waals surface area contributed by atoms with Gasteiger partial charge in [-0.3, -0.25) is 4.68 Å². The summed E-state index contributed by atoms with van der Waals surface area (Å²) in [6.45, 7) is 4.88. The molecule has 2 aromatic carbocycles. The van der Waals surface area contributed by atoms with Crippen molar-refractivity contribution < 1.29 is 24.3 Å². The molecule has 0 spiro atoms. The normalized spacial score (nSPS) is 20.1. The van der Waals surface area contributed by atoms with Crippen LogP contribution in [0.3, 0.4) is 0 Å². The molecular formula is C31H30Cl3N3O5. The number of carboxylic acid groups (broad SMARTS) is 1. The fourth-order valence-corrected chi connectivity index (χ4v) is 6.63. The van der Waals surface area contributed by atoms with Crippen LogP contribution in [-0.2, 0) is 18.8 Å². The van der Waals surface area contributed by atoms with Crippen molar-refractivity contribution in [3.05, 3.63) is 85.8 Å².